The SMILES string of the molecule is CCc1ccc(C2(CCN)CS(=O)(=O)C2)cc1. The van der Waals surface area contributed by atoms with Gasteiger partial charge in [0.15, 0.2) is 9.84 Å². The van der Waals surface area contributed by atoms with E-state index in [1.54, 1.807) is 0 Å². The molecule has 1 aromatic carbocycles. The fourth-order valence-electron chi connectivity index (χ4n) is 2.63. The molecule has 1 aliphatic rings. The van der Waals surface area contributed by atoms with E-state index in [0.29, 0.717) is 6.54 Å². The van der Waals surface area contributed by atoms with E-state index in [2.05, 4.69) is 31.2 Å². The molecule has 0 spiro atoms. The minimum Gasteiger partial charge on any atom is -0.330 e. The molecule has 2 rings (SSSR count). The van der Waals surface area contributed by atoms with E-state index in [1.165, 1.54) is 5.56 Å². The molecule has 3 nitrogen and oxygen atoms in total. The Morgan fingerprint density at radius 2 is 1.82 bits per heavy atom. The van der Waals surface area contributed by atoms with Crippen LogP contribution in [0.15, 0.2) is 24.3 Å². The summed E-state index contributed by atoms with van der Waals surface area (Å²) >= 11 is 0. The van der Waals surface area contributed by atoms with Gasteiger partial charge in [-0.15, -0.1) is 0 Å². The van der Waals surface area contributed by atoms with Crippen LogP contribution in [0.25, 0.3) is 0 Å². The molecule has 1 heterocycles. The van der Waals surface area contributed by atoms with Crippen molar-refractivity contribution in [3.63, 3.8) is 0 Å². The summed E-state index contributed by atoms with van der Waals surface area (Å²) in [7, 11) is -2.83. The summed E-state index contributed by atoms with van der Waals surface area (Å²) in [5, 5.41) is 0. The van der Waals surface area contributed by atoms with Crippen molar-refractivity contribution in [3.8, 4) is 0 Å². The Labute approximate surface area is 103 Å². The van der Waals surface area contributed by atoms with Gasteiger partial charge in [0, 0.05) is 5.41 Å². The predicted molar refractivity (Wildman–Crippen MR) is 69.8 cm³/mol. The summed E-state index contributed by atoms with van der Waals surface area (Å²) in [5.41, 5.74) is 7.79. The lowest BCUT2D eigenvalue weighted by atomic mass is 9.80. The van der Waals surface area contributed by atoms with Crippen molar-refractivity contribution in [2.75, 3.05) is 18.1 Å². The Morgan fingerprint density at radius 3 is 2.24 bits per heavy atom. The van der Waals surface area contributed by atoms with Crippen molar-refractivity contribution in [2.24, 2.45) is 5.73 Å². The summed E-state index contributed by atoms with van der Waals surface area (Å²) in [6, 6.07) is 8.28. The first-order valence-electron chi connectivity index (χ1n) is 6.01. The Hall–Kier alpha value is -0.870. The van der Waals surface area contributed by atoms with Gasteiger partial charge in [-0.25, -0.2) is 8.42 Å². The van der Waals surface area contributed by atoms with Crippen molar-refractivity contribution >= 4 is 9.84 Å². The summed E-state index contributed by atoms with van der Waals surface area (Å²) < 4.78 is 22.9. The van der Waals surface area contributed by atoms with Crippen LogP contribution < -0.4 is 5.73 Å². The number of rotatable bonds is 4. The van der Waals surface area contributed by atoms with Gasteiger partial charge >= 0.3 is 0 Å². The summed E-state index contributed by atoms with van der Waals surface area (Å²) in [6.07, 6.45) is 1.75. The van der Waals surface area contributed by atoms with E-state index in [0.717, 1.165) is 18.4 Å². The number of aryl methyl sites for hydroxylation is 1. The molecule has 0 atom stereocenters. The molecule has 0 saturated carbocycles. The summed E-state index contributed by atoms with van der Waals surface area (Å²) in [5.74, 6) is 0.505. The largest absolute Gasteiger partial charge is 0.330 e. The quantitative estimate of drug-likeness (QED) is 0.879. The van der Waals surface area contributed by atoms with E-state index in [1.807, 2.05) is 0 Å². The average molecular weight is 253 g/mol. The van der Waals surface area contributed by atoms with Crippen LogP contribution in [0.5, 0.6) is 0 Å². The number of hydrogen-bond donors (Lipinski definition) is 1. The van der Waals surface area contributed by atoms with Crippen LogP contribution in [0.1, 0.15) is 24.5 Å². The zero-order chi connectivity index (χ0) is 12.5. The zero-order valence-corrected chi connectivity index (χ0v) is 11.0. The van der Waals surface area contributed by atoms with Crippen LogP contribution in [-0.2, 0) is 21.7 Å². The van der Waals surface area contributed by atoms with Crippen molar-refractivity contribution in [2.45, 2.75) is 25.2 Å². The average Bonchev–Trinajstić information content (AvgIpc) is 2.27. The van der Waals surface area contributed by atoms with Crippen molar-refractivity contribution in [1.29, 1.82) is 0 Å². The van der Waals surface area contributed by atoms with E-state index in [4.69, 9.17) is 5.73 Å². The van der Waals surface area contributed by atoms with Gasteiger partial charge in [-0.2, -0.15) is 0 Å². The van der Waals surface area contributed by atoms with E-state index in [-0.39, 0.29) is 16.9 Å². The van der Waals surface area contributed by atoms with Crippen LogP contribution in [-0.4, -0.2) is 26.5 Å². The van der Waals surface area contributed by atoms with Gasteiger partial charge in [-0.05, 0) is 30.5 Å². The molecule has 94 valence electrons. The van der Waals surface area contributed by atoms with Crippen molar-refractivity contribution < 1.29 is 8.42 Å². The molecular weight excluding hydrogens is 234 g/mol. The number of hydrogen-bond acceptors (Lipinski definition) is 3. The third kappa shape index (κ3) is 2.38. The molecule has 0 unspecified atom stereocenters. The molecule has 0 aliphatic carbocycles. The molecule has 1 aromatic rings. The van der Waals surface area contributed by atoms with E-state index < -0.39 is 9.84 Å². The third-order valence-corrected chi connectivity index (χ3v) is 5.57. The minimum absolute atomic E-state index is 0.222. The molecule has 1 saturated heterocycles. The Morgan fingerprint density at radius 1 is 1.24 bits per heavy atom. The number of benzene rings is 1. The lowest BCUT2D eigenvalue weighted by Gasteiger charge is -2.41. The summed E-state index contributed by atoms with van der Waals surface area (Å²) in [6.45, 7) is 2.64. The molecule has 1 fully saturated rings. The van der Waals surface area contributed by atoms with Crippen LogP contribution in [0, 0.1) is 0 Å². The van der Waals surface area contributed by atoms with E-state index in [9.17, 15) is 8.42 Å². The normalized spacial score (nSPS) is 20.8. The first-order chi connectivity index (χ1) is 8.01. The third-order valence-electron chi connectivity index (χ3n) is 3.59. The maximum absolute atomic E-state index is 11.4. The Kier molecular flexibility index (Phi) is 3.27. The van der Waals surface area contributed by atoms with Gasteiger partial charge in [0.2, 0.25) is 0 Å². The highest BCUT2D eigenvalue weighted by Crippen LogP contribution is 2.39. The molecule has 0 aromatic heterocycles. The molecular formula is C13H19NO2S. The van der Waals surface area contributed by atoms with Gasteiger partial charge < -0.3 is 5.73 Å². The Bertz CT molecular complexity index is 479. The summed E-state index contributed by atoms with van der Waals surface area (Å²) in [4.78, 5) is 0. The maximum Gasteiger partial charge on any atom is 0.152 e. The lowest BCUT2D eigenvalue weighted by molar-refractivity contribution is 0.433. The highest BCUT2D eigenvalue weighted by atomic mass is 32.2. The first-order valence-corrected chi connectivity index (χ1v) is 7.83. The Balaban J connectivity index is 2.28. The predicted octanol–water partition coefficient (Wildman–Crippen LogP) is 1.26. The van der Waals surface area contributed by atoms with Gasteiger partial charge in [0.25, 0.3) is 0 Å². The minimum atomic E-state index is -2.83. The lowest BCUT2D eigenvalue weighted by Crippen LogP contribution is -2.53. The van der Waals surface area contributed by atoms with Gasteiger partial charge in [-0.1, -0.05) is 31.2 Å². The van der Waals surface area contributed by atoms with E-state index >= 15 is 0 Å². The fourth-order valence-corrected chi connectivity index (χ4v) is 4.85. The van der Waals surface area contributed by atoms with Gasteiger partial charge in [0.05, 0.1) is 11.5 Å². The monoisotopic (exact) mass is 253 g/mol. The molecule has 4 heteroatoms. The number of nitrogens with two attached hydrogens (primary N) is 1. The maximum atomic E-state index is 11.4. The standard InChI is InChI=1S/C13H19NO2S/c1-2-11-3-5-12(6-4-11)13(7-8-14)9-17(15,16)10-13/h3-6H,2,7-10,14H2,1H3. The van der Waals surface area contributed by atoms with Crippen molar-refractivity contribution in [3.05, 3.63) is 35.4 Å². The topological polar surface area (TPSA) is 60.2 Å². The van der Waals surface area contributed by atoms with Crippen LogP contribution in [0.3, 0.4) is 0 Å². The second kappa shape index (κ2) is 4.42. The number of sulfone groups is 1. The highest BCUT2D eigenvalue weighted by molar-refractivity contribution is 7.93. The first kappa shape index (κ1) is 12.6. The highest BCUT2D eigenvalue weighted by Gasteiger charge is 2.48. The second-order valence-corrected chi connectivity index (χ2v) is 6.97. The van der Waals surface area contributed by atoms with Gasteiger partial charge in [0.1, 0.15) is 0 Å². The van der Waals surface area contributed by atoms with Crippen LogP contribution in [0.4, 0.5) is 0 Å². The fraction of sp³-hybridized carbons (Fsp3) is 0.538. The van der Waals surface area contributed by atoms with Crippen LogP contribution in [0.2, 0.25) is 0 Å². The van der Waals surface area contributed by atoms with Gasteiger partial charge in [-0.3, -0.25) is 0 Å². The van der Waals surface area contributed by atoms with Crippen LogP contribution >= 0.6 is 0 Å². The molecule has 17 heavy (non-hydrogen) atoms. The zero-order valence-electron chi connectivity index (χ0n) is 10.1. The molecule has 0 radical (unpaired) electrons. The smallest absolute Gasteiger partial charge is 0.152 e. The molecule has 0 bridgehead atoms. The molecule has 0 amide bonds. The second-order valence-electron chi connectivity index (χ2n) is 4.90. The van der Waals surface area contributed by atoms with Crippen molar-refractivity contribution in [1.82, 2.24) is 0 Å². The molecule has 1 aliphatic heterocycles. The molecule has 2 N–H and O–H groups in total.